The quantitative estimate of drug-likeness (QED) is 0.0439. The van der Waals surface area contributed by atoms with Gasteiger partial charge < -0.3 is 42.0 Å². The highest BCUT2D eigenvalue weighted by atomic mass is 35.5. The van der Waals surface area contributed by atoms with Crippen LogP contribution < -0.4 is 37.1 Å². The molecule has 496 valence electrons. The zero-order valence-electron chi connectivity index (χ0n) is 52.3. The third-order valence-corrected chi connectivity index (χ3v) is 17.3. The van der Waals surface area contributed by atoms with E-state index in [1.807, 2.05) is 73.6 Å². The second-order valence-electron chi connectivity index (χ2n) is 21.5. The third kappa shape index (κ3) is 20.2. The van der Waals surface area contributed by atoms with Crippen LogP contribution in [0, 0.1) is 0 Å². The van der Waals surface area contributed by atoms with E-state index in [4.69, 9.17) is 68.5 Å². The van der Waals surface area contributed by atoms with E-state index in [2.05, 4.69) is 51.5 Å². The summed E-state index contributed by atoms with van der Waals surface area (Å²) < 4.78 is 29.4. The number of nitrogen functional groups attached to an aromatic ring is 1. The lowest BCUT2D eigenvalue weighted by Crippen LogP contribution is -2.22. The van der Waals surface area contributed by atoms with E-state index in [-0.39, 0.29) is 44.1 Å². The first-order chi connectivity index (χ1) is 47.1. The Morgan fingerprint density at radius 2 is 0.816 bits per heavy atom. The summed E-state index contributed by atoms with van der Waals surface area (Å²) in [4.78, 5) is 86.0. The summed E-state index contributed by atoms with van der Waals surface area (Å²) in [5, 5.41) is 15.7. The number of pyridine rings is 5. The van der Waals surface area contributed by atoms with Crippen LogP contribution >= 0.6 is 58.0 Å². The number of hydrogen-bond acceptors (Lipinski definition) is 15. The molecule has 0 radical (unpaired) electrons. The van der Waals surface area contributed by atoms with Gasteiger partial charge in [0.2, 0.25) is 5.88 Å². The highest BCUT2D eigenvalue weighted by Gasteiger charge is 2.20. The number of carbonyl (C=O) groups is 5. The zero-order chi connectivity index (χ0) is 69.9. The lowest BCUT2D eigenvalue weighted by molar-refractivity contribution is 0.101. The predicted molar refractivity (Wildman–Crippen MR) is 389 cm³/mol. The molecular formula is C72H59Cl5N12O8S. The Morgan fingerprint density at radius 3 is 1.18 bits per heavy atom. The lowest BCUT2D eigenvalue weighted by atomic mass is 10.1. The van der Waals surface area contributed by atoms with Crippen LogP contribution in [0.5, 0.6) is 5.88 Å². The molecule has 5 amide bonds. The van der Waals surface area contributed by atoms with Crippen LogP contribution in [-0.2, 0) is 15.6 Å². The summed E-state index contributed by atoms with van der Waals surface area (Å²) in [6.45, 7) is 0.477. The average molecular weight is 1430 g/mol. The molecule has 11 rings (SSSR count). The van der Waals surface area contributed by atoms with Crippen molar-refractivity contribution in [3.05, 3.63) is 284 Å². The van der Waals surface area contributed by atoms with Gasteiger partial charge in [-0.05, 0) is 177 Å². The topological polar surface area (TPSA) is 283 Å². The summed E-state index contributed by atoms with van der Waals surface area (Å²) in [5.74, 6) is -1.11. The molecule has 20 nitrogen and oxygen atoms in total. The Hall–Kier alpha value is -10.6. The number of ether oxygens (including phenoxy) is 1. The standard InChI is InChI=1S/C25H18Cl2N4O3.C24H17Cl2N5O2.C23H24ClN3O3S/c1-34-23-10-7-17(14-29-23)31-24(32)15-5-8-18(21(27)12-15)25(33)30-16-6-9-20(26)19(13-16)22-4-2-3-11-28-22;25-19-8-5-15(12-18(19)21-3-1-2-10-28-21)30-24(33)17-7-4-14(11-20(17)26)23(32)31-16-6-9-22(27)29-13-16;1-27(2)13-14-31(29,30)16-17-6-8-18(9-7-17)23(28)26-19-10-11-21(24)20(15-19)22-5-3-4-12-25-22/h2-14H,1H3,(H,30,33)(H,31,32);1-13H,(H2,27,29)(H,30,33)(H,31,32);3-12,15H,13-14,16H2,1-2H3,(H,26,28). The summed E-state index contributed by atoms with van der Waals surface area (Å²) in [6, 6.07) is 53.9. The monoisotopic (exact) mass is 1430 g/mol. The molecule has 7 N–H and O–H groups in total. The fraction of sp³-hybridized carbons (Fsp3) is 0.0833. The van der Waals surface area contributed by atoms with E-state index < -0.39 is 33.5 Å². The molecule has 11 aromatic rings. The molecule has 26 heteroatoms. The fourth-order valence-corrected chi connectivity index (χ4v) is 11.8. The molecule has 0 bridgehead atoms. The van der Waals surface area contributed by atoms with Crippen molar-refractivity contribution in [3.8, 4) is 39.7 Å². The van der Waals surface area contributed by atoms with Gasteiger partial charge in [0.25, 0.3) is 29.5 Å². The highest BCUT2D eigenvalue weighted by molar-refractivity contribution is 7.90. The van der Waals surface area contributed by atoms with Crippen molar-refractivity contribution in [1.29, 1.82) is 0 Å². The minimum atomic E-state index is -3.21. The zero-order valence-corrected chi connectivity index (χ0v) is 56.9. The Kier molecular flexibility index (Phi) is 24.8. The summed E-state index contributed by atoms with van der Waals surface area (Å²) in [5.41, 5.74) is 14.4. The smallest absolute Gasteiger partial charge is 0.257 e. The van der Waals surface area contributed by atoms with Crippen LogP contribution in [0.15, 0.2) is 225 Å². The van der Waals surface area contributed by atoms with E-state index in [1.54, 1.807) is 122 Å². The van der Waals surface area contributed by atoms with Crippen LogP contribution in [0.1, 0.15) is 57.4 Å². The van der Waals surface area contributed by atoms with Gasteiger partial charge in [-0.25, -0.2) is 18.4 Å². The van der Waals surface area contributed by atoms with Gasteiger partial charge in [-0.1, -0.05) is 88.3 Å². The molecule has 0 aliphatic rings. The number of carbonyl (C=O) groups excluding carboxylic acids is 5. The number of nitrogens with one attached hydrogen (secondary N) is 5. The summed E-state index contributed by atoms with van der Waals surface area (Å²) in [6.07, 6.45) is 7.93. The van der Waals surface area contributed by atoms with Crippen LogP contribution in [0.25, 0.3) is 33.8 Å². The largest absolute Gasteiger partial charge is 0.481 e. The Balaban J connectivity index is 0.000000172. The van der Waals surface area contributed by atoms with Gasteiger partial charge >= 0.3 is 0 Å². The number of nitrogens with two attached hydrogens (primary N) is 1. The van der Waals surface area contributed by atoms with Gasteiger partial charge in [0.1, 0.15) is 5.82 Å². The van der Waals surface area contributed by atoms with Gasteiger partial charge in [0.05, 0.1) is 95.7 Å². The first-order valence-corrected chi connectivity index (χ1v) is 33.2. The van der Waals surface area contributed by atoms with Crippen molar-refractivity contribution in [2.75, 3.05) is 65.8 Å². The maximum absolute atomic E-state index is 12.8. The Labute approximate surface area is 589 Å². The van der Waals surface area contributed by atoms with E-state index in [1.165, 1.54) is 55.9 Å². The SMILES string of the molecule is CN(C)CCS(=O)(=O)Cc1ccc(C(=O)Nc2ccc(Cl)c(-c3ccccn3)c2)cc1.COc1ccc(NC(=O)c2ccc(C(=O)Nc3ccc(Cl)c(-c4ccccn4)c3)c(Cl)c2)cn1.Nc1ccc(NC(=O)c2ccc(C(=O)Nc3ccc(Cl)c(-c4ccccn4)c3)c(Cl)c2)cn1. The predicted octanol–water partition coefficient (Wildman–Crippen LogP) is 15.6. The summed E-state index contributed by atoms with van der Waals surface area (Å²) in [7, 11) is 1.97. The second-order valence-corrected chi connectivity index (χ2v) is 25.8. The van der Waals surface area contributed by atoms with Crippen molar-refractivity contribution in [2.45, 2.75) is 5.75 Å². The Morgan fingerprint density at radius 1 is 0.429 bits per heavy atom. The van der Waals surface area contributed by atoms with Crippen LogP contribution in [-0.4, -0.2) is 101 Å². The molecule has 5 aromatic heterocycles. The number of halogens is 5. The van der Waals surface area contributed by atoms with E-state index in [9.17, 15) is 32.4 Å². The van der Waals surface area contributed by atoms with Crippen LogP contribution in [0.2, 0.25) is 25.1 Å². The molecule has 0 saturated heterocycles. The number of methoxy groups -OCH3 is 1. The number of hydrogen-bond donors (Lipinski definition) is 6. The van der Waals surface area contributed by atoms with Crippen molar-refractivity contribution < 1.29 is 37.1 Å². The molecule has 0 fully saturated rings. The van der Waals surface area contributed by atoms with E-state index >= 15 is 0 Å². The molecule has 0 spiro atoms. The molecule has 0 saturated carbocycles. The van der Waals surface area contributed by atoms with Gasteiger partial charge in [-0.3, -0.25) is 38.9 Å². The molecule has 0 unspecified atom stereocenters. The van der Waals surface area contributed by atoms with Crippen LogP contribution in [0.3, 0.4) is 0 Å². The highest BCUT2D eigenvalue weighted by Crippen LogP contribution is 2.33. The maximum atomic E-state index is 12.8. The molecule has 0 aliphatic heterocycles. The van der Waals surface area contributed by atoms with Gasteiger partial charge in [0, 0.05) is 81.6 Å². The minimum absolute atomic E-state index is 0.0483. The summed E-state index contributed by atoms with van der Waals surface area (Å²) >= 11 is 31.5. The number of rotatable bonds is 19. The van der Waals surface area contributed by atoms with Gasteiger partial charge in [-0.15, -0.1) is 0 Å². The normalized spacial score (nSPS) is 10.8. The molecule has 0 atom stereocenters. The number of sulfone groups is 1. The first kappa shape index (κ1) is 71.7. The van der Waals surface area contributed by atoms with Crippen molar-refractivity contribution in [2.24, 2.45) is 0 Å². The van der Waals surface area contributed by atoms with Crippen molar-refractivity contribution in [1.82, 2.24) is 29.8 Å². The molecule has 98 heavy (non-hydrogen) atoms. The van der Waals surface area contributed by atoms with Gasteiger partial charge in [-0.2, -0.15) is 0 Å². The Bertz CT molecular complexity index is 4780. The minimum Gasteiger partial charge on any atom is -0.481 e. The van der Waals surface area contributed by atoms with E-state index in [0.717, 1.165) is 5.56 Å². The molecule has 6 aromatic carbocycles. The maximum Gasteiger partial charge on any atom is 0.257 e. The fourth-order valence-electron chi connectivity index (χ4n) is 9.11. The van der Waals surface area contributed by atoms with Crippen LogP contribution in [0.4, 0.5) is 34.3 Å². The van der Waals surface area contributed by atoms with Gasteiger partial charge in [0.15, 0.2) is 9.84 Å². The molecular weight excluding hydrogens is 1370 g/mol. The average Bonchev–Trinajstić information content (AvgIpc) is 0.842. The molecule has 5 heterocycles. The molecule has 0 aliphatic carbocycles. The number of aromatic nitrogens is 5. The van der Waals surface area contributed by atoms with Crippen molar-refractivity contribution in [3.63, 3.8) is 0 Å². The number of nitrogens with zero attached hydrogens (tertiary/aromatic N) is 6. The number of anilines is 6. The second kappa shape index (κ2) is 33.9. The number of benzene rings is 6. The lowest BCUT2D eigenvalue weighted by Gasteiger charge is -2.11. The van der Waals surface area contributed by atoms with E-state index in [0.29, 0.717) is 107 Å². The number of amides is 5. The third-order valence-electron chi connectivity index (χ3n) is 14.1. The first-order valence-electron chi connectivity index (χ1n) is 29.5. The van der Waals surface area contributed by atoms with Crippen molar-refractivity contribution >= 4 is 132 Å².